The number of carbonyl (C=O) groups excluding carboxylic acids is 1. The van der Waals surface area contributed by atoms with Crippen LogP contribution >= 0.6 is 22.9 Å². The van der Waals surface area contributed by atoms with E-state index in [0.29, 0.717) is 32.9 Å². The zero-order valence-electron chi connectivity index (χ0n) is 23.7. The fraction of sp³-hybridized carbons (Fsp3) is 0.273. The Bertz CT molecular complexity index is 1620. The zero-order chi connectivity index (χ0) is 29.9. The highest BCUT2D eigenvalue weighted by molar-refractivity contribution is 7.16. The maximum atomic E-state index is 13.7. The predicted molar refractivity (Wildman–Crippen MR) is 170 cm³/mol. The smallest absolute Gasteiger partial charge is 0.269 e. The van der Waals surface area contributed by atoms with Crippen molar-refractivity contribution in [1.82, 2.24) is 0 Å². The van der Waals surface area contributed by atoms with Crippen LogP contribution in [0.15, 0.2) is 77.8 Å². The van der Waals surface area contributed by atoms with Crippen molar-refractivity contribution in [2.24, 2.45) is 16.3 Å². The Morgan fingerprint density at radius 1 is 1.12 bits per heavy atom. The number of hydrogen-bond donors (Lipinski definition) is 1. The van der Waals surface area contributed by atoms with Crippen molar-refractivity contribution in [3.05, 3.63) is 115 Å². The Morgan fingerprint density at radius 2 is 1.83 bits per heavy atom. The van der Waals surface area contributed by atoms with Crippen LogP contribution in [0, 0.1) is 21.4 Å². The molecule has 0 radical (unpaired) electrons. The molecule has 1 heterocycles. The summed E-state index contributed by atoms with van der Waals surface area (Å²) in [7, 11) is 0. The molecule has 9 heteroatoms. The average Bonchev–Trinajstić information content (AvgIpc) is 3.34. The third-order valence-corrected chi connectivity index (χ3v) is 9.00. The van der Waals surface area contributed by atoms with E-state index in [2.05, 4.69) is 26.1 Å². The van der Waals surface area contributed by atoms with Crippen LogP contribution in [0.3, 0.4) is 0 Å². The van der Waals surface area contributed by atoms with E-state index in [4.69, 9.17) is 21.3 Å². The van der Waals surface area contributed by atoms with Crippen molar-refractivity contribution in [3.63, 3.8) is 0 Å². The van der Waals surface area contributed by atoms with Gasteiger partial charge in [-0.05, 0) is 90.3 Å². The largest absolute Gasteiger partial charge is 0.488 e. The predicted octanol–water partition coefficient (Wildman–Crippen LogP) is 9.04. The first-order valence-corrected chi connectivity index (χ1v) is 15.0. The van der Waals surface area contributed by atoms with E-state index < -0.39 is 4.92 Å². The molecule has 0 spiro atoms. The molecule has 5 rings (SSSR count). The molecule has 0 aliphatic heterocycles. The SMILES string of the molecule is CC(C)(C)[C@@H]1CCc2c(sc(N=Cc3ccccc3OCc3ccc([N+](=O)[O-])cc3)c2C(=O)Nc2ccc(Cl)cc2)C1. The van der Waals surface area contributed by atoms with Crippen LogP contribution < -0.4 is 10.1 Å². The maximum absolute atomic E-state index is 13.7. The lowest BCUT2D eigenvalue weighted by atomic mass is 9.72. The first kappa shape index (κ1) is 29.5. The molecule has 1 aliphatic carbocycles. The van der Waals surface area contributed by atoms with Crippen LogP contribution in [0.1, 0.15) is 59.1 Å². The molecule has 216 valence electrons. The molecular weight excluding hydrogens is 570 g/mol. The highest BCUT2D eigenvalue weighted by atomic mass is 35.5. The number of nitrogens with one attached hydrogen (secondary N) is 1. The number of fused-ring (bicyclic) bond motifs is 1. The second-order valence-electron chi connectivity index (χ2n) is 11.5. The molecule has 1 aliphatic rings. The summed E-state index contributed by atoms with van der Waals surface area (Å²) in [6, 6.07) is 20.9. The quantitative estimate of drug-likeness (QED) is 0.124. The van der Waals surface area contributed by atoms with Gasteiger partial charge in [0.2, 0.25) is 0 Å². The Hall–Kier alpha value is -4.01. The lowest BCUT2D eigenvalue weighted by Gasteiger charge is -2.33. The number of amides is 1. The second kappa shape index (κ2) is 12.5. The van der Waals surface area contributed by atoms with Gasteiger partial charge in [0.1, 0.15) is 17.4 Å². The van der Waals surface area contributed by atoms with Crippen molar-refractivity contribution in [2.45, 2.75) is 46.6 Å². The average molecular weight is 602 g/mol. The van der Waals surface area contributed by atoms with Crippen molar-refractivity contribution in [3.8, 4) is 5.75 Å². The van der Waals surface area contributed by atoms with E-state index in [1.165, 1.54) is 17.0 Å². The molecule has 1 N–H and O–H groups in total. The lowest BCUT2D eigenvalue weighted by Crippen LogP contribution is -2.27. The molecule has 4 aromatic rings. The van der Waals surface area contributed by atoms with Crippen molar-refractivity contribution >= 4 is 51.4 Å². The Labute approximate surface area is 254 Å². The number of rotatable bonds is 8. The van der Waals surface area contributed by atoms with Crippen molar-refractivity contribution < 1.29 is 14.5 Å². The lowest BCUT2D eigenvalue weighted by molar-refractivity contribution is -0.384. The van der Waals surface area contributed by atoms with Gasteiger partial charge in [-0.1, -0.05) is 44.5 Å². The van der Waals surface area contributed by atoms with Crippen LogP contribution in [-0.2, 0) is 19.4 Å². The van der Waals surface area contributed by atoms with Gasteiger partial charge in [0.05, 0.1) is 10.5 Å². The third kappa shape index (κ3) is 6.89. The van der Waals surface area contributed by atoms with Crippen LogP contribution in [0.4, 0.5) is 16.4 Å². The number of aliphatic imine (C=N–C) groups is 1. The normalized spacial score (nSPS) is 14.9. The summed E-state index contributed by atoms with van der Waals surface area (Å²) in [5.41, 5.74) is 4.17. The van der Waals surface area contributed by atoms with Crippen LogP contribution in [-0.4, -0.2) is 17.0 Å². The number of hydrogen-bond acceptors (Lipinski definition) is 6. The van der Waals surface area contributed by atoms with Crippen molar-refractivity contribution in [1.29, 1.82) is 0 Å². The van der Waals surface area contributed by atoms with Crippen LogP contribution in [0.5, 0.6) is 5.75 Å². The number of anilines is 1. The molecule has 42 heavy (non-hydrogen) atoms. The summed E-state index contributed by atoms with van der Waals surface area (Å²) in [4.78, 5) is 30.3. The summed E-state index contributed by atoms with van der Waals surface area (Å²) in [5, 5.41) is 15.3. The first-order chi connectivity index (χ1) is 20.1. The van der Waals surface area contributed by atoms with Crippen LogP contribution in [0.2, 0.25) is 5.02 Å². The number of ether oxygens (including phenoxy) is 1. The summed E-state index contributed by atoms with van der Waals surface area (Å²) in [5.74, 6) is 0.973. The first-order valence-electron chi connectivity index (χ1n) is 13.8. The van der Waals surface area contributed by atoms with Gasteiger partial charge in [-0.3, -0.25) is 14.9 Å². The van der Waals surface area contributed by atoms with Crippen molar-refractivity contribution in [2.75, 3.05) is 5.32 Å². The molecule has 1 aromatic heterocycles. The van der Waals surface area contributed by atoms with E-state index >= 15 is 0 Å². The minimum Gasteiger partial charge on any atom is -0.488 e. The van der Waals surface area contributed by atoms with E-state index in [-0.39, 0.29) is 23.6 Å². The van der Waals surface area contributed by atoms with Gasteiger partial charge < -0.3 is 10.1 Å². The number of nitro groups is 1. The highest BCUT2D eigenvalue weighted by Crippen LogP contribution is 2.45. The molecule has 7 nitrogen and oxygen atoms in total. The molecule has 0 saturated carbocycles. The minimum atomic E-state index is -0.425. The van der Waals surface area contributed by atoms with Crippen LogP contribution in [0.25, 0.3) is 0 Å². The summed E-state index contributed by atoms with van der Waals surface area (Å²) >= 11 is 7.63. The van der Waals surface area contributed by atoms with Gasteiger partial charge >= 0.3 is 0 Å². The number of halogens is 1. The number of para-hydroxylation sites is 1. The van der Waals surface area contributed by atoms with Gasteiger partial charge in [0, 0.05) is 39.5 Å². The van der Waals surface area contributed by atoms with Gasteiger partial charge in [-0.25, -0.2) is 4.99 Å². The number of nitrogens with zero attached hydrogens (tertiary/aromatic N) is 2. The van der Waals surface area contributed by atoms with Gasteiger partial charge in [-0.15, -0.1) is 11.3 Å². The fourth-order valence-corrected chi connectivity index (χ4v) is 6.48. The van der Waals surface area contributed by atoms with E-state index in [9.17, 15) is 14.9 Å². The number of non-ortho nitro benzene ring substituents is 1. The molecular formula is C33H32ClN3O4S. The molecule has 1 atom stereocenters. The van der Waals surface area contributed by atoms with E-state index in [0.717, 1.165) is 36.0 Å². The molecule has 0 fully saturated rings. The molecule has 0 saturated heterocycles. The number of benzene rings is 3. The molecule has 3 aromatic carbocycles. The highest BCUT2D eigenvalue weighted by Gasteiger charge is 2.33. The van der Waals surface area contributed by atoms with Gasteiger partial charge in [0.25, 0.3) is 11.6 Å². The van der Waals surface area contributed by atoms with E-state index in [1.807, 2.05) is 24.3 Å². The summed E-state index contributed by atoms with van der Waals surface area (Å²) < 4.78 is 6.06. The fourth-order valence-electron chi connectivity index (χ4n) is 5.08. The third-order valence-electron chi connectivity index (χ3n) is 7.58. The topological polar surface area (TPSA) is 93.8 Å². The number of thiophene rings is 1. The molecule has 0 bridgehead atoms. The standard InChI is InChI=1S/C33H32ClN3O4S/c1-33(2,3)23-10-17-27-29(18-23)42-32(30(27)31(38)36-25-13-11-24(34)12-14-25)35-19-22-6-4-5-7-28(22)41-20-21-8-15-26(16-9-21)37(39)40/h4-9,11-16,19,23H,10,17-18,20H2,1-3H3,(H,36,38)/t23-/m1/s1. The van der Waals surface area contributed by atoms with E-state index in [1.54, 1.807) is 53.9 Å². The minimum absolute atomic E-state index is 0.0367. The van der Waals surface area contributed by atoms with Gasteiger partial charge in [-0.2, -0.15) is 0 Å². The number of carbonyl (C=O) groups is 1. The Morgan fingerprint density at radius 3 is 2.52 bits per heavy atom. The Balaban J connectivity index is 1.42. The Kier molecular flexibility index (Phi) is 8.75. The summed E-state index contributed by atoms with van der Waals surface area (Å²) in [6.07, 6.45) is 4.52. The second-order valence-corrected chi connectivity index (χ2v) is 13.0. The summed E-state index contributed by atoms with van der Waals surface area (Å²) in [6.45, 7) is 7.07. The zero-order valence-corrected chi connectivity index (χ0v) is 25.3. The molecule has 0 unspecified atom stereocenters. The maximum Gasteiger partial charge on any atom is 0.269 e. The van der Waals surface area contributed by atoms with Gasteiger partial charge in [0.15, 0.2) is 0 Å². The number of nitro benzene ring substituents is 1. The monoisotopic (exact) mass is 601 g/mol. The molecule has 1 amide bonds.